The van der Waals surface area contributed by atoms with Crippen LogP contribution in [0.25, 0.3) is 0 Å². The van der Waals surface area contributed by atoms with Crippen molar-refractivity contribution in [2.24, 2.45) is 0 Å². The predicted octanol–water partition coefficient (Wildman–Crippen LogP) is 7.44. The number of carbonyl (C=O) groups is 21. The maximum absolute atomic E-state index is 14.2. The largest absolute Gasteiger partial charge is 0.508 e. The first-order chi connectivity index (χ1) is 69.1. The summed E-state index contributed by atoms with van der Waals surface area (Å²) in [5.41, 5.74) is -2.41. The number of nitrogens with one attached hydrogen (secondary N) is 5. The Morgan fingerprint density at radius 2 is 0.377 bits per heavy atom. The molecule has 0 unspecified atom stereocenters. The Labute approximate surface area is 864 Å². The minimum atomic E-state index is -0.905. The van der Waals surface area contributed by atoms with Gasteiger partial charge in [0.15, 0.2) is 0 Å². The van der Waals surface area contributed by atoms with Gasteiger partial charge in [-0.2, -0.15) is 0 Å². The summed E-state index contributed by atoms with van der Waals surface area (Å²) in [6.45, 7) is 32.8. The highest BCUT2D eigenvalue weighted by Crippen LogP contribution is 2.16. The molecule has 14 amide bonds. The van der Waals surface area contributed by atoms with Crippen LogP contribution in [0.2, 0.25) is 0 Å². The zero-order chi connectivity index (χ0) is 110. The second kappa shape index (κ2) is 78.7. The summed E-state index contributed by atoms with van der Waals surface area (Å²) >= 11 is 0. The second-order valence-corrected chi connectivity index (χ2v) is 38.1. The molecule has 0 aromatic heterocycles. The summed E-state index contributed by atoms with van der Waals surface area (Å²) in [6.07, 6.45) is -1.79. The summed E-state index contributed by atoms with van der Waals surface area (Å²) in [6, 6.07) is 0. The van der Waals surface area contributed by atoms with Crippen LogP contribution in [0.1, 0.15) is 304 Å². The molecule has 0 fully saturated rings. The molecule has 0 spiro atoms. The lowest BCUT2D eigenvalue weighted by atomic mass is 10.1. The number of Topliss-reactive ketones (excluding diaryl/α,β-unsaturated/α-hetero) is 1. The van der Waals surface area contributed by atoms with Crippen LogP contribution < -0.4 is 26.6 Å². The number of amides is 14. The van der Waals surface area contributed by atoms with Gasteiger partial charge in [-0.15, -0.1) is 0 Å². The molecule has 0 heterocycles. The van der Waals surface area contributed by atoms with Gasteiger partial charge < -0.3 is 113 Å². The summed E-state index contributed by atoms with van der Waals surface area (Å²) in [4.78, 5) is 294. The van der Waals surface area contributed by atoms with E-state index in [1.54, 1.807) is 81.9 Å². The first-order valence-corrected chi connectivity index (χ1v) is 52.2. The van der Waals surface area contributed by atoms with E-state index in [0.29, 0.717) is 117 Å². The molecule has 0 rings (SSSR count). The third kappa shape index (κ3) is 69.5. The minimum absolute atomic E-state index is 0.0413. The van der Waals surface area contributed by atoms with E-state index in [1.165, 1.54) is 29.4 Å². The van der Waals surface area contributed by atoms with Gasteiger partial charge in [-0.05, 0) is 120 Å². The average Bonchev–Trinajstić information content (AvgIpc) is 0.924. The molecule has 45 heteroatoms. The number of nitrogens with zero attached hydrogens (tertiary/aromatic N) is 10. The van der Waals surface area contributed by atoms with Crippen LogP contribution in [0.3, 0.4) is 0 Å². The Bertz CT molecular complexity index is 3800. The standard InChI is InChI=1S/C101H177N15O30/c1-19-51-108(52-20-2)90(129)40-43-93(132)138-71-65-114(62-48-103-80(119)29-35-85(124)111(57-25-7)68-74-141-96(135)144-99(10,11)12)84(123)34-28-78(117)46-60-107(77-106-83(122)33-39-89(128)116(67-73-140-95(134)45-42-92(131)110(55-23-5)56-24-6)64-50-105-82(121)31-37-87(126)113(59-27-9)70-76-143-98(137)146-101(16,17)18)61-47-102-79(118)32-38-88(127)115(66-72-139-94(133)44-41-91(130)109(53-21-3)54-22-4)63-49-104-81(120)30-36-86(125)112(58-26-8)69-75-142-97(136)145-100(13,14)15/h19-77H2,1-18H3,(H,102,118)(H,103,119)(H,104,120)(H,105,121)(H,106,122). The minimum Gasteiger partial charge on any atom is -0.464 e. The molecule has 0 radical (unpaired) electrons. The van der Waals surface area contributed by atoms with E-state index in [-0.39, 0.29) is 276 Å². The molecule has 0 aliphatic carbocycles. The number of esters is 3. The van der Waals surface area contributed by atoms with E-state index >= 15 is 0 Å². The van der Waals surface area contributed by atoms with E-state index < -0.39 is 132 Å². The Morgan fingerprint density at radius 3 is 0.596 bits per heavy atom. The van der Waals surface area contributed by atoms with Crippen molar-refractivity contribution in [1.29, 1.82) is 0 Å². The molecule has 0 aliphatic rings. The molecule has 0 aromatic rings. The number of carbonyl (C=O) groups excluding carboxylic acids is 21. The van der Waals surface area contributed by atoms with Crippen molar-refractivity contribution in [1.82, 2.24) is 75.6 Å². The van der Waals surface area contributed by atoms with Gasteiger partial charge in [-0.1, -0.05) is 62.3 Å². The van der Waals surface area contributed by atoms with Crippen molar-refractivity contribution in [2.75, 3.05) is 203 Å². The molecule has 45 nitrogen and oxygen atoms in total. The van der Waals surface area contributed by atoms with E-state index in [0.717, 1.165) is 0 Å². The normalized spacial score (nSPS) is 11.1. The van der Waals surface area contributed by atoms with Gasteiger partial charge in [0.25, 0.3) is 0 Å². The fraction of sp³-hybridized carbons (Fsp3) is 0.792. The topological polar surface area (TPSA) is 534 Å². The predicted molar refractivity (Wildman–Crippen MR) is 541 cm³/mol. The zero-order valence-electron chi connectivity index (χ0n) is 90.9. The lowest BCUT2D eigenvalue weighted by molar-refractivity contribution is -0.148. The maximum atomic E-state index is 14.2. The molecule has 0 saturated carbocycles. The molecular formula is C101H177N15O30. The lowest BCUT2D eigenvalue weighted by Crippen LogP contribution is -2.44. The SMILES string of the molecule is CCCN(CCC)C(=O)CCC(=O)OCCN(CCNC(=O)CCC(=O)N(CCC)CCOC(=O)OC(C)(C)C)C(=O)CCC(=O)CCN(CCNC(=O)CCC(=O)N(CCNC(=O)CCC(=O)N(CCC)CCOC(=O)OC(C)(C)C)CCOC(=O)CCC(=O)N(CCC)CCC)CNC(=O)CCC(=O)N(CCNC(=O)CCC(=O)N(CCC)CCOC(=O)OC(C)(C)C)CCOC(=O)CCC(=O)N(CCC)CCC. The molecule has 836 valence electrons. The van der Waals surface area contributed by atoms with Gasteiger partial charge in [0, 0.05) is 221 Å². The summed E-state index contributed by atoms with van der Waals surface area (Å²) < 4.78 is 47.5. The number of ether oxygens (including phenoxy) is 9. The fourth-order valence-electron chi connectivity index (χ4n) is 14.3. The zero-order valence-corrected chi connectivity index (χ0v) is 90.9. The molecule has 0 bridgehead atoms. The van der Waals surface area contributed by atoms with Gasteiger partial charge in [0.1, 0.15) is 62.2 Å². The summed E-state index contributed by atoms with van der Waals surface area (Å²) in [7, 11) is 0. The van der Waals surface area contributed by atoms with E-state index in [4.69, 9.17) is 42.6 Å². The molecule has 0 atom stereocenters. The highest BCUT2D eigenvalue weighted by molar-refractivity contribution is 5.89. The quantitative estimate of drug-likeness (QED) is 0.0224. The summed E-state index contributed by atoms with van der Waals surface area (Å²) in [5, 5.41) is 13.6. The van der Waals surface area contributed by atoms with E-state index in [2.05, 4.69) is 26.6 Å². The molecule has 0 saturated heterocycles. The van der Waals surface area contributed by atoms with Gasteiger partial charge in [0.05, 0.1) is 65.2 Å². The van der Waals surface area contributed by atoms with Crippen molar-refractivity contribution in [3.8, 4) is 0 Å². The molecule has 0 aromatic carbocycles. The Balaban J connectivity index is 7.30. The monoisotopic (exact) mass is 2080 g/mol. The van der Waals surface area contributed by atoms with Crippen molar-refractivity contribution in [3.05, 3.63) is 0 Å². The molecule has 146 heavy (non-hydrogen) atoms. The van der Waals surface area contributed by atoms with Gasteiger partial charge in [0.2, 0.25) is 82.7 Å². The molecular weight excluding hydrogens is 1900 g/mol. The van der Waals surface area contributed by atoms with Gasteiger partial charge in [-0.3, -0.25) is 91.2 Å². The van der Waals surface area contributed by atoms with Crippen LogP contribution in [0, 0.1) is 0 Å². The molecule has 0 aliphatic heterocycles. The highest BCUT2D eigenvalue weighted by atomic mass is 16.7. The number of rotatable bonds is 80. The van der Waals surface area contributed by atoms with Crippen LogP contribution in [-0.2, 0) is 129 Å². The van der Waals surface area contributed by atoms with Crippen LogP contribution >= 0.6 is 0 Å². The number of hydrogen-bond acceptors (Lipinski definition) is 31. The van der Waals surface area contributed by atoms with Crippen molar-refractivity contribution in [2.45, 2.75) is 321 Å². The van der Waals surface area contributed by atoms with E-state index in [9.17, 15) is 101 Å². The van der Waals surface area contributed by atoms with Gasteiger partial charge in [-0.25, -0.2) is 14.4 Å². The van der Waals surface area contributed by atoms with Gasteiger partial charge >= 0.3 is 36.4 Å². The maximum Gasteiger partial charge on any atom is 0.508 e. The van der Waals surface area contributed by atoms with E-state index in [1.807, 2.05) is 62.3 Å². The number of ketones is 1. The first-order valence-electron chi connectivity index (χ1n) is 52.2. The van der Waals surface area contributed by atoms with Crippen LogP contribution in [0.5, 0.6) is 0 Å². The Morgan fingerprint density at radius 1 is 0.192 bits per heavy atom. The fourth-order valence-corrected chi connectivity index (χ4v) is 14.3. The first kappa shape index (κ1) is 134. The van der Waals surface area contributed by atoms with Crippen LogP contribution in [0.4, 0.5) is 14.4 Å². The van der Waals surface area contributed by atoms with Crippen molar-refractivity contribution in [3.63, 3.8) is 0 Å². The van der Waals surface area contributed by atoms with Crippen LogP contribution in [0.15, 0.2) is 0 Å². The average molecular weight is 2080 g/mol. The second-order valence-electron chi connectivity index (χ2n) is 38.1. The Kier molecular flexibility index (Phi) is 72.5. The van der Waals surface area contributed by atoms with Crippen LogP contribution in [-0.4, -0.2) is 394 Å². The smallest absolute Gasteiger partial charge is 0.464 e. The highest BCUT2D eigenvalue weighted by Gasteiger charge is 2.29. The lowest BCUT2D eigenvalue weighted by Gasteiger charge is -2.25. The Hall–Kier alpha value is -11.6. The number of hydrogen-bond donors (Lipinski definition) is 5. The third-order valence-corrected chi connectivity index (χ3v) is 21.5. The molecule has 5 N–H and O–H groups in total. The van der Waals surface area contributed by atoms with Crippen molar-refractivity contribution < 1.29 is 143 Å². The van der Waals surface area contributed by atoms with Crippen molar-refractivity contribution >= 4 is 125 Å². The third-order valence-electron chi connectivity index (χ3n) is 21.5. The summed E-state index contributed by atoms with van der Waals surface area (Å²) in [5.74, 6) is -9.08.